The van der Waals surface area contributed by atoms with Crippen molar-refractivity contribution in [3.8, 4) is 0 Å². The van der Waals surface area contributed by atoms with Crippen LogP contribution >= 0.6 is 0 Å². The van der Waals surface area contributed by atoms with Gasteiger partial charge < -0.3 is 10.5 Å². The lowest BCUT2D eigenvalue weighted by molar-refractivity contribution is -0.150. The third-order valence-electron chi connectivity index (χ3n) is 2.11. The molecule has 0 aliphatic carbocycles. The topological polar surface area (TPSA) is 86.5 Å². The number of carbonyl (C=O) groups excluding carboxylic acids is 1. The average Bonchev–Trinajstić information content (AvgIpc) is 2.13. The summed E-state index contributed by atoms with van der Waals surface area (Å²) in [6.45, 7) is 3.79. The van der Waals surface area contributed by atoms with Gasteiger partial charge in [-0.25, -0.2) is 8.42 Å². The minimum absolute atomic E-state index is 0.0918. The minimum Gasteiger partial charge on any atom is -0.462 e. The SMILES string of the molecule is CCCC(C)OC(=O)C(N)CCS(C)(=O)=O. The fraction of sp³-hybridized carbons (Fsp3) is 0.900. The zero-order valence-corrected chi connectivity index (χ0v) is 10.9. The number of ether oxygens (including phenoxy) is 1. The second kappa shape index (κ2) is 6.85. The Hall–Kier alpha value is -0.620. The third kappa shape index (κ3) is 7.64. The first-order valence-corrected chi connectivity index (χ1v) is 7.46. The molecule has 0 aliphatic rings. The van der Waals surface area contributed by atoms with Gasteiger partial charge in [-0.1, -0.05) is 13.3 Å². The summed E-state index contributed by atoms with van der Waals surface area (Å²) in [6, 6.07) is -0.853. The van der Waals surface area contributed by atoms with Gasteiger partial charge in [0.1, 0.15) is 15.9 Å². The lowest BCUT2D eigenvalue weighted by Crippen LogP contribution is -2.35. The molecule has 0 saturated heterocycles. The Bertz CT molecular complexity index is 313. The van der Waals surface area contributed by atoms with Crippen molar-refractivity contribution < 1.29 is 17.9 Å². The molecule has 5 nitrogen and oxygen atoms in total. The molecule has 0 heterocycles. The van der Waals surface area contributed by atoms with Crippen LogP contribution in [-0.4, -0.2) is 38.5 Å². The van der Waals surface area contributed by atoms with E-state index in [-0.39, 0.29) is 18.3 Å². The van der Waals surface area contributed by atoms with Crippen molar-refractivity contribution in [2.45, 2.75) is 45.3 Å². The van der Waals surface area contributed by atoms with Crippen LogP contribution < -0.4 is 5.73 Å². The van der Waals surface area contributed by atoms with Gasteiger partial charge in [0.25, 0.3) is 0 Å². The second-order valence-corrected chi connectivity index (χ2v) is 6.32. The highest BCUT2D eigenvalue weighted by Crippen LogP contribution is 2.04. The van der Waals surface area contributed by atoms with E-state index < -0.39 is 21.8 Å². The standard InChI is InChI=1S/C10H21NO4S/c1-4-5-8(2)15-10(12)9(11)6-7-16(3,13)14/h8-9H,4-7,11H2,1-3H3. The van der Waals surface area contributed by atoms with E-state index in [0.717, 1.165) is 19.1 Å². The fourth-order valence-electron chi connectivity index (χ4n) is 1.21. The predicted molar refractivity (Wildman–Crippen MR) is 62.8 cm³/mol. The Labute approximate surface area is 97.3 Å². The lowest BCUT2D eigenvalue weighted by Gasteiger charge is -2.15. The summed E-state index contributed by atoms with van der Waals surface area (Å²) in [4.78, 5) is 11.4. The van der Waals surface area contributed by atoms with Crippen LogP contribution in [0.2, 0.25) is 0 Å². The minimum atomic E-state index is -3.08. The van der Waals surface area contributed by atoms with Crippen molar-refractivity contribution in [2.24, 2.45) is 5.73 Å². The first-order chi connectivity index (χ1) is 7.26. The van der Waals surface area contributed by atoms with Crippen LogP contribution in [0.15, 0.2) is 0 Å². The van der Waals surface area contributed by atoms with Gasteiger partial charge in [0.2, 0.25) is 0 Å². The maximum absolute atomic E-state index is 11.4. The molecular formula is C10H21NO4S. The van der Waals surface area contributed by atoms with Crippen LogP contribution in [0, 0.1) is 0 Å². The largest absolute Gasteiger partial charge is 0.462 e. The second-order valence-electron chi connectivity index (χ2n) is 4.06. The summed E-state index contributed by atoms with van der Waals surface area (Å²) in [5.74, 6) is -0.615. The number of carbonyl (C=O) groups is 1. The zero-order chi connectivity index (χ0) is 12.8. The molecule has 0 aromatic heterocycles. The molecule has 2 atom stereocenters. The molecule has 0 radical (unpaired) electrons. The highest BCUT2D eigenvalue weighted by atomic mass is 32.2. The first kappa shape index (κ1) is 15.4. The number of rotatable bonds is 7. The highest BCUT2D eigenvalue weighted by Gasteiger charge is 2.19. The van der Waals surface area contributed by atoms with Gasteiger partial charge in [-0.05, 0) is 19.8 Å². The van der Waals surface area contributed by atoms with Crippen LogP contribution in [0.1, 0.15) is 33.1 Å². The molecule has 0 saturated carbocycles. The van der Waals surface area contributed by atoms with Crippen molar-refractivity contribution >= 4 is 15.8 Å². The fourth-order valence-corrected chi connectivity index (χ4v) is 1.89. The summed E-state index contributed by atoms with van der Waals surface area (Å²) in [6.07, 6.45) is 2.76. The summed E-state index contributed by atoms with van der Waals surface area (Å²) in [7, 11) is -3.08. The van der Waals surface area contributed by atoms with Crippen molar-refractivity contribution in [3.63, 3.8) is 0 Å². The molecule has 0 rings (SSSR count). The van der Waals surface area contributed by atoms with E-state index in [1.54, 1.807) is 6.92 Å². The molecule has 0 amide bonds. The lowest BCUT2D eigenvalue weighted by atomic mass is 10.2. The Morgan fingerprint density at radius 3 is 2.38 bits per heavy atom. The smallest absolute Gasteiger partial charge is 0.323 e. The summed E-state index contributed by atoms with van der Waals surface area (Å²) >= 11 is 0. The van der Waals surface area contributed by atoms with Gasteiger partial charge in [-0.3, -0.25) is 4.79 Å². The van der Waals surface area contributed by atoms with Crippen molar-refractivity contribution in [1.82, 2.24) is 0 Å². The normalized spacial score (nSPS) is 15.5. The van der Waals surface area contributed by atoms with Crippen LogP contribution in [-0.2, 0) is 19.4 Å². The molecule has 0 fully saturated rings. The van der Waals surface area contributed by atoms with E-state index >= 15 is 0 Å². The van der Waals surface area contributed by atoms with E-state index in [1.165, 1.54) is 0 Å². The molecule has 16 heavy (non-hydrogen) atoms. The molecule has 96 valence electrons. The molecule has 0 aromatic rings. The molecule has 2 unspecified atom stereocenters. The van der Waals surface area contributed by atoms with Crippen molar-refractivity contribution in [2.75, 3.05) is 12.0 Å². The van der Waals surface area contributed by atoms with Crippen LogP contribution in [0.25, 0.3) is 0 Å². The molecule has 0 aromatic carbocycles. The van der Waals surface area contributed by atoms with Gasteiger partial charge in [-0.15, -0.1) is 0 Å². The number of sulfone groups is 1. The summed E-state index contributed by atoms with van der Waals surface area (Å²) < 4.78 is 26.8. The van der Waals surface area contributed by atoms with E-state index in [1.807, 2.05) is 6.92 Å². The van der Waals surface area contributed by atoms with Gasteiger partial charge in [-0.2, -0.15) is 0 Å². The van der Waals surface area contributed by atoms with Gasteiger partial charge in [0.15, 0.2) is 0 Å². The van der Waals surface area contributed by atoms with Gasteiger partial charge >= 0.3 is 5.97 Å². The number of nitrogens with two attached hydrogens (primary N) is 1. The Kier molecular flexibility index (Phi) is 6.59. The quantitative estimate of drug-likeness (QED) is 0.665. The monoisotopic (exact) mass is 251 g/mol. The highest BCUT2D eigenvalue weighted by molar-refractivity contribution is 7.90. The third-order valence-corrected chi connectivity index (χ3v) is 3.09. The van der Waals surface area contributed by atoms with E-state index in [0.29, 0.717) is 0 Å². The van der Waals surface area contributed by atoms with Crippen LogP contribution in [0.3, 0.4) is 0 Å². The van der Waals surface area contributed by atoms with Crippen molar-refractivity contribution in [3.05, 3.63) is 0 Å². The van der Waals surface area contributed by atoms with E-state index in [4.69, 9.17) is 10.5 Å². The van der Waals surface area contributed by atoms with E-state index in [2.05, 4.69) is 0 Å². The van der Waals surface area contributed by atoms with Crippen LogP contribution in [0.5, 0.6) is 0 Å². The predicted octanol–water partition coefficient (Wildman–Crippen LogP) is 0.480. The zero-order valence-electron chi connectivity index (χ0n) is 10.1. The summed E-state index contributed by atoms with van der Waals surface area (Å²) in [5.41, 5.74) is 5.53. The maximum Gasteiger partial charge on any atom is 0.323 e. The summed E-state index contributed by atoms with van der Waals surface area (Å²) in [5, 5.41) is 0. The number of hydrogen-bond donors (Lipinski definition) is 1. The van der Waals surface area contributed by atoms with Gasteiger partial charge in [0.05, 0.1) is 11.9 Å². The van der Waals surface area contributed by atoms with Gasteiger partial charge in [0, 0.05) is 6.26 Å². The van der Waals surface area contributed by atoms with Crippen molar-refractivity contribution in [1.29, 1.82) is 0 Å². The molecular weight excluding hydrogens is 230 g/mol. The number of hydrogen-bond acceptors (Lipinski definition) is 5. The molecule has 0 aliphatic heterocycles. The molecule has 6 heteroatoms. The van der Waals surface area contributed by atoms with E-state index in [9.17, 15) is 13.2 Å². The number of esters is 1. The Morgan fingerprint density at radius 2 is 1.94 bits per heavy atom. The molecule has 0 spiro atoms. The first-order valence-electron chi connectivity index (χ1n) is 5.40. The maximum atomic E-state index is 11.4. The molecule has 2 N–H and O–H groups in total. The Morgan fingerprint density at radius 1 is 1.38 bits per heavy atom. The van der Waals surface area contributed by atoms with Crippen LogP contribution in [0.4, 0.5) is 0 Å². The molecule has 0 bridgehead atoms. The average molecular weight is 251 g/mol. The Balaban J connectivity index is 4.00.